The predicted octanol–water partition coefficient (Wildman–Crippen LogP) is 2.76. The van der Waals surface area contributed by atoms with Crippen molar-refractivity contribution in [2.45, 2.75) is 33.0 Å². The van der Waals surface area contributed by atoms with E-state index in [9.17, 15) is 14.7 Å². The van der Waals surface area contributed by atoms with Gasteiger partial charge in [-0.15, -0.1) is 0 Å². The summed E-state index contributed by atoms with van der Waals surface area (Å²) in [6.45, 7) is 9.11. The molecule has 0 atom stereocenters. The standard InChI is InChI=1S/C23H38N2O8/c1-23(2,3)33-21(26)24-9-12-29-15-16-30-13-10-25(22(27)28)11-14-31-17-18-32-19-20-7-5-4-6-8-20/h4-8H,9-19H2,1-3H3,(H,24,26)(H,27,28). The van der Waals surface area contributed by atoms with E-state index in [1.807, 2.05) is 30.3 Å². The van der Waals surface area contributed by atoms with Crippen LogP contribution in [0.5, 0.6) is 0 Å². The van der Waals surface area contributed by atoms with Crippen molar-refractivity contribution in [3.63, 3.8) is 0 Å². The first-order valence-electron chi connectivity index (χ1n) is 11.1. The molecule has 2 N–H and O–H groups in total. The molecular weight excluding hydrogens is 432 g/mol. The van der Waals surface area contributed by atoms with Crippen molar-refractivity contribution in [3.8, 4) is 0 Å². The molecule has 0 spiro atoms. The fourth-order valence-electron chi connectivity index (χ4n) is 2.50. The van der Waals surface area contributed by atoms with Crippen LogP contribution in [0.4, 0.5) is 9.59 Å². The van der Waals surface area contributed by atoms with E-state index in [2.05, 4.69) is 5.32 Å². The van der Waals surface area contributed by atoms with E-state index < -0.39 is 17.8 Å². The van der Waals surface area contributed by atoms with Gasteiger partial charge in [0.05, 0.1) is 52.9 Å². The normalized spacial score (nSPS) is 11.2. The van der Waals surface area contributed by atoms with Crippen molar-refractivity contribution in [2.24, 2.45) is 0 Å². The van der Waals surface area contributed by atoms with Crippen molar-refractivity contribution in [3.05, 3.63) is 35.9 Å². The molecule has 0 aliphatic rings. The molecule has 0 bridgehead atoms. The van der Waals surface area contributed by atoms with Gasteiger partial charge in [0.25, 0.3) is 0 Å². The van der Waals surface area contributed by atoms with Gasteiger partial charge in [-0.1, -0.05) is 30.3 Å². The molecule has 0 fully saturated rings. The summed E-state index contributed by atoms with van der Waals surface area (Å²) in [5.74, 6) is 0. The lowest BCUT2D eigenvalue weighted by Gasteiger charge is -2.19. The maximum absolute atomic E-state index is 11.5. The number of hydrogen-bond donors (Lipinski definition) is 2. The Kier molecular flexibility index (Phi) is 14.9. The molecule has 2 amide bonds. The minimum atomic E-state index is -1.02. The number of nitrogens with one attached hydrogen (secondary N) is 1. The molecule has 0 saturated heterocycles. The molecule has 10 nitrogen and oxygen atoms in total. The van der Waals surface area contributed by atoms with E-state index in [0.29, 0.717) is 46.2 Å². The van der Waals surface area contributed by atoms with Gasteiger partial charge in [0.2, 0.25) is 0 Å². The first-order valence-corrected chi connectivity index (χ1v) is 11.1. The van der Waals surface area contributed by atoms with Gasteiger partial charge >= 0.3 is 12.2 Å². The van der Waals surface area contributed by atoms with Gasteiger partial charge in [-0.25, -0.2) is 9.59 Å². The van der Waals surface area contributed by atoms with Crippen LogP contribution in [-0.2, 0) is 30.3 Å². The Morgan fingerprint density at radius 3 is 1.94 bits per heavy atom. The molecule has 10 heteroatoms. The van der Waals surface area contributed by atoms with Crippen LogP contribution >= 0.6 is 0 Å². The lowest BCUT2D eigenvalue weighted by atomic mass is 10.2. The number of alkyl carbamates (subject to hydrolysis) is 1. The minimum absolute atomic E-state index is 0.239. The first-order chi connectivity index (χ1) is 15.8. The third-order valence-corrected chi connectivity index (χ3v) is 4.05. The Bertz CT molecular complexity index is 652. The summed E-state index contributed by atoms with van der Waals surface area (Å²) in [4.78, 5) is 24.0. The molecule has 188 valence electrons. The van der Waals surface area contributed by atoms with Crippen LogP contribution in [0.15, 0.2) is 30.3 Å². The van der Waals surface area contributed by atoms with Crippen LogP contribution in [-0.4, -0.2) is 93.7 Å². The number of nitrogens with zero attached hydrogens (tertiary/aromatic N) is 1. The Morgan fingerprint density at radius 1 is 0.848 bits per heavy atom. The van der Waals surface area contributed by atoms with Crippen LogP contribution in [0, 0.1) is 0 Å². The number of hydrogen-bond acceptors (Lipinski definition) is 7. The zero-order valence-corrected chi connectivity index (χ0v) is 19.9. The summed E-state index contributed by atoms with van der Waals surface area (Å²) in [7, 11) is 0. The molecule has 0 saturated carbocycles. The largest absolute Gasteiger partial charge is 0.465 e. The molecule has 1 aromatic carbocycles. The molecule has 1 rings (SSSR count). The average Bonchev–Trinajstić information content (AvgIpc) is 2.75. The SMILES string of the molecule is CC(C)(C)OC(=O)NCCOCCOCCN(CCOCCOCc1ccccc1)C(=O)O. The smallest absolute Gasteiger partial charge is 0.407 e. The fourth-order valence-corrected chi connectivity index (χ4v) is 2.50. The quantitative estimate of drug-likeness (QED) is 0.334. The average molecular weight is 471 g/mol. The highest BCUT2D eigenvalue weighted by Gasteiger charge is 2.15. The van der Waals surface area contributed by atoms with Gasteiger partial charge in [-0.05, 0) is 26.3 Å². The second-order valence-electron chi connectivity index (χ2n) is 8.07. The summed E-state index contributed by atoms with van der Waals surface area (Å²) in [6.07, 6.45) is -1.51. The Hall–Kier alpha value is -2.40. The number of ether oxygens (including phenoxy) is 5. The molecular formula is C23H38N2O8. The second kappa shape index (κ2) is 17.1. The van der Waals surface area contributed by atoms with Gasteiger partial charge in [0.15, 0.2) is 0 Å². The molecule has 0 radical (unpaired) electrons. The van der Waals surface area contributed by atoms with Crippen LogP contribution in [0.3, 0.4) is 0 Å². The summed E-state index contributed by atoms with van der Waals surface area (Å²) >= 11 is 0. The van der Waals surface area contributed by atoms with Crippen molar-refractivity contribution >= 4 is 12.2 Å². The molecule has 0 unspecified atom stereocenters. The van der Waals surface area contributed by atoms with E-state index in [4.69, 9.17) is 23.7 Å². The molecule has 0 aliphatic heterocycles. The van der Waals surface area contributed by atoms with Crippen LogP contribution in [0.25, 0.3) is 0 Å². The maximum atomic E-state index is 11.5. The zero-order valence-electron chi connectivity index (χ0n) is 19.9. The molecule has 0 aromatic heterocycles. The highest BCUT2D eigenvalue weighted by molar-refractivity contribution is 5.67. The first kappa shape index (κ1) is 28.6. The van der Waals surface area contributed by atoms with Gasteiger partial charge in [-0.3, -0.25) is 0 Å². The molecule has 0 aliphatic carbocycles. The third-order valence-electron chi connectivity index (χ3n) is 4.05. The predicted molar refractivity (Wildman–Crippen MR) is 122 cm³/mol. The molecule has 1 aromatic rings. The number of carbonyl (C=O) groups excluding carboxylic acids is 1. The number of carbonyl (C=O) groups is 2. The van der Waals surface area contributed by atoms with Crippen molar-refractivity contribution in [1.29, 1.82) is 0 Å². The summed E-state index contributed by atoms with van der Waals surface area (Å²) in [5, 5.41) is 11.9. The maximum Gasteiger partial charge on any atom is 0.407 e. The highest BCUT2D eigenvalue weighted by Crippen LogP contribution is 2.06. The number of amides is 2. The summed E-state index contributed by atoms with van der Waals surface area (Å²) in [6, 6.07) is 9.85. The second-order valence-corrected chi connectivity index (χ2v) is 8.07. The summed E-state index contributed by atoms with van der Waals surface area (Å²) < 4.78 is 26.8. The van der Waals surface area contributed by atoms with Gasteiger partial charge < -0.3 is 39.0 Å². The topological polar surface area (TPSA) is 116 Å². The molecule has 0 heterocycles. The number of rotatable bonds is 17. The van der Waals surface area contributed by atoms with Crippen molar-refractivity contribution < 1.29 is 38.4 Å². The van der Waals surface area contributed by atoms with Gasteiger partial charge in [0.1, 0.15) is 5.60 Å². The van der Waals surface area contributed by atoms with Crippen LogP contribution in [0.1, 0.15) is 26.3 Å². The highest BCUT2D eigenvalue weighted by atomic mass is 16.6. The van der Waals surface area contributed by atoms with Crippen molar-refractivity contribution in [1.82, 2.24) is 10.2 Å². The Morgan fingerprint density at radius 2 is 1.39 bits per heavy atom. The fraction of sp³-hybridized carbons (Fsp3) is 0.652. The van der Waals surface area contributed by atoms with Gasteiger partial charge in [-0.2, -0.15) is 0 Å². The summed E-state index contributed by atoms with van der Waals surface area (Å²) in [5.41, 5.74) is 0.559. The van der Waals surface area contributed by atoms with Crippen LogP contribution < -0.4 is 5.32 Å². The molecule has 33 heavy (non-hydrogen) atoms. The van der Waals surface area contributed by atoms with E-state index >= 15 is 0 Å². The lowest BCUT2D eigenvalue weighted by Crippen LogP contribution is -2.36. The van der Waals surface area contributed by atoms with Gasteiger partial charge in [0, 0.05) is 19.6 Å². The Balaban J connectivity index is 1.96. The van der Waals surface area contributed by atoms with E-state index in [-0.39, 0.29) is 26.3 Å². The monoisotopic (exact) mass is 470 g/mol. The van der Waals surface area contributed by atoms with Crippen LogP contribution in [0.2, 0.25) is 0 Å². The number of carboxylic acid groups (broad SMARTS) is 1. The van der Waals surface area contributed by atoms with E-state index in [1.165, 1.54) is 4.90 Å². The zero-order chi connectivity index (χ0) is 24.4. The van der Waals surface area contributed by atoms with Crippen molar-refractivity contribution in [2.75, 3.05) is 65.9 Å². The Labute approximate surface area is 196 Å². The van der Waals surface area contributed by atoms with E-state index in [1.54, 1.807) is 20.8 Å². The minimum Gasteiger partial charge on any atom is -0.465 e. The van der Waals surface area contributed by atoms with E-state index in [0.717, 1.165) is 5.56 Å². The number of benzene rings is 1. The third kappa shape index (κ3) is 16.8. The lowest BCUT2D eigenvalue weighted by molar-refractivity contribution is 0.0217.